The van der Waals surface area contributed by atoms with E-state index in [9.17, 15) is 9.59 Å². The van der Waals surface area contributed by atoms with E-state index in [-0.39, 0.29) is 23.6 Å². The van der Waals surface area contributed by atoms with Gasteiger partial charge in [-0.05, 0) is 57.1 Å². The van der Waals surface area contributed by atoms with Gasteiger partial charge in [0, 0.05) is 63.5 Å². The molecule has 2 amide bonds. The van der Waals surface area contributed by atoms with Gasteiger partial charge in [0.2, 0.25) is 0 Å². The second-order valence-corrected chi connectivity index (χ2v) is 11.9. The van der Waals surface area contributed by atoms with Crippen molar-refractivity contribution < 1.29 is 14.3 Å². The molecule has 7 heteroatoms. The number of unbranched alkanes of at least 4 members (excludes halogenated alkanes) is 1. The Morgan fingerprint density at radius 1 is 1.08 bits per heavy atom. The number of nitrogens with zero attached hydrogens (tertiary/aromatic N) is 4. The van der Waals surface area contributed by atoms with E-state index < -0.39 is 0 Å². The third-order valence-electron chi connectivity index (χ3n) is 9.67. The van der Waals surface area contributed by atoms with Crippen molar-refractivity contribution in [2.24, 2.45) is 5.92 Å². The molecule has 4 fully saturated rings. The molecule has 1 aromatic heterocycles. The molecule has 5 rings (SSSR count). The number of likely N-dealkylation sites (tertiary alicyclic amines) is 2. The van der Waals surface area contributed by atoms with Gasteiger partial charge in [-0.2, -0.15) is 0 Å². The van der Waals surface area contributed by atoms with Crippen LogP contribution in [0.1, 0.15) is 100 Å². The van der Waals surface area contributed by atoms with Gasteiger partial charge in [-0.25, -0.2) is 4.79 Å². The smallest absolute Gasteiger partial charge is 0.410 e. The summed E-state index contributed by atoms with van der Waals surface area (Å²) in [6.07, 6.45) is 15.4. The van der Waals surface area contributed by atoms with Gasteiger partial charge in [0.15, 0.2) is 0 Å². The zero-order valence-corrected chi connectivity index (χ0v) is 23.0. The molecule has 4 aliphatic rings. The van der Waals surface area contributed by atoms with Crippen molar-refractivity contribution in [3.05, 3.63) is 29.6 Å². The summed E-state index contributed by atoms with van der Waals surface area (Å²) in [4.78, 5) is 37.2. The number of ether oxygens (including phenoxy) is 1. The van der Waals surface area contributed by atoms with Crippen LogP contribution in [0.4, 0.5) is 4.79 Å². The topological polar surface area (TPSA) is 66.0 Å². The highest BCUT2D eigenvalue weighted by Gasteiger charge is 2.55. The SMILES string of the molecule is CCCCC1N(CC2CCCCC2)C(=O)OC12CCN(C1CCN(C(=O)c3cccnc3C)CC1)CC2. The van der Waals surface area contributed by atoms with Crippen molar-refractivity contribution in [2.45, 2.75) is 109 Å². The number of hydrogen-bond donors (Lipinski definition) is 0. The quantitative estimate of drug-likeness (QED) is 0.490. The average molecular weight is 511 g/mol. The molecule has 1 aromatic rings. The molecular weight excluding hydrogens is 464 g/mol. The molecular formula is C30H46N4O3. The molecule has 0 bridgehead atoms. The molecule has 1 aliphatic carbocycles. The lowest BCUT2D eigenvalue weighted by Crippen LogP contribution is -2.56. The van der Waals surface area contributed by atoms with Crippen LogP contribution in [0.15, 0.2) is 18.3 Å². The predicted molar refractivity (Wildman–Crippen MR) is 145 cm³/mol. The molecule has 3 aliphatic heterocycles. The molecule has 1 unspecified atom stereocenters. The van der Waals surface area contributed by atoms with Crippen LogP contribution < -0.4 is 0 Å². The van der Waals surface area contributed by atoms with E-state index in [1.54, 1.807) is 6.20 Å². The predicted octanol–water partition coefficient (Wildman–Crippen LogP) is 5.42. The van der Waals surface area contributed by atoms with E-state index in [0.29, 0.717) is 12.0 Å². The first-order valence-corrected chi connectivity index (χ1v) is 15.0. The summed E-state index contributed by atoms with van der Waals surface area (Å²) in [5, 5.41) is 0. The summed E-state index contributed by atoms with van der Waals surface area (Å²) in [6.45, 7) is 8.59. The van der Waals surface area contributed by atoms with Crippen LogP contribution in [0.25, 0.3) is 0 Å². The molecule has 0 aromatic carbocycles. The lowest BCUT2D eigenvalue weighted by molar-refractivity contribution is -0.0385. The van der Waals surface area contributed by atoms with Crippen LogP contribution in [0.5, 0.6) is 0 Å². The fraction of sp³-hybridized carbons (Fsp3) is 0.767. The first-order chi connectivity index (χ1) is 18.0. The Labute approximate surface area is 222 Å². The van der Waals surface area contributed by atoms with Crippen LogP contribution in [0, 0.1) is 12.8 Å². The van der Waals surface area contributed by atoms with Gasteiger partial charge in [-0.1, -0.05) is 39.0 Å². The standard InChI is InChI=1S/C30H46N4O3/c1-3-4-12-27-30(37-29(36)34(27)22-24-9-6-5-7-10-24)15-20-32(21-16-30)25-13-18-33(19-14-25)28(35)26-11-8-17-31-23(26)2/h8,11,17,24-25,27H,3-7,9-10,12-16,18-22H2,1-2H3. The number of carbonyl (C=O) groups is 2. The molecule has 1 saturated carbocycles. The van der Waals surface area contributed by atoms with Gasteiger partial charge in [0.05, 0.1) is 11.6 Å². The van der Waals surface area contributed by atoms with E-state index in [2.05, 4.69) is 21.7 Å². The fourth-order valence-corrected chi connectivity index (χ4v) is 7.40. The molecule has 204 valence electrons. The van der Waals surface area contributed by atoms with Crippen molar-refractivity contribution in [1.82, 2.24) is 19.7 Å². The fourth-order valence-electron chi connectivity index (χ4n) is 7.40. The number of pyridine rings is 1. The Hall–Kier alpha value is -2.15. The molecule has 37 heavy (non-hydrogen) atoms. The van der Waals surface area contributed by atoms with Crippen molar-refractivity contribution >= 4 is 12.0 Å². The van der Waals surface area contributed by atoms with Crippen molar-refractivity contribution in [3.63, 3.8) is 0 Å². The maximum absolute atomic E-state index is 13.2. The minimum Gasteiger partial charge on any atom is -0.440 e. The highest BCUT2D eigenvalue weighted by Crippen LogP contribution is 2.42. The van der Waals surface area contributed by atoms with Crippen LogP contribution in [0.3, 0.4) is 0 Å². The molecule has 1 spiro atoms. The number of aromatic nitrogens is 1. The van der Waals surface area contributed by atoms with E-state index in [0.717, 1.165) is 88.9 Å². The van der Waals surface area contributed by atoms with E-state index in [4.69, 9.17) is 4.74 Å². The van der Waals surface area contributed by atoms with Gasteiger partial charge in [-0.3, -0.25) is 14.7 Å². The minimum absolute atomic E-state index is 0.0577. The monoisotopic (exact) mass is 510 g/mol. The molecule has 4 heterocycles. The number of rotatable bonds is 7. The largest absolute Gasteiger partial charge is 0.440 e. The van der Waals surface area contributed by atoms with Crippen molar-refractivity contribution in [1.29, 1.82) is 0 Å². The molecule has 0 N–H and O–H groups in total. The van der Waals surface area contributed by atoms with Crippen LogP contribution in [0.2, 0.25) is 0 Å². The van der Waals surface area contributed by atoms with Gasteiger partial charge >= 0.3 is 6.09 Å². The maximum atomic E-state index is 13.2. The second kappa shape index (κ2) is 11.7. The third-order valence-corrected chi connectivity index (χ3v) is 9.67. The normalized spacial score (nSPS) is 25.6. The average Bonchev–Trinajstić information content (AvgIpc) is 3.17. The van der Waals surface area contributed by atoms with Gasteiger partial charge in [0.25, 0.3) is 5.91 Å². The summed E-state index contributed by atoms with van der Waals surface area (Å²) in [7, 11) is 0. The van der Waals surface area contributed by atoms with Crippen LogP contribution in [-0.4, -0.2) is 82.1 Å². The second-order valence-electron chi connectivity index (χ2n) is 11.9. The zero-order chi connectivity index (χ0) is 25.8. The van der Waals surface area contributed by atoms with Crippen LogP contribution in [-0.2, 0) is 4.74 Å². The summed E-state index contributed by atoms with van der Waals surface area (Å²) in [6, 6.07) is 4.46. The Morgan fingerprint density at radius 3 is 2.49 bits per heavy atom. The van der Waals surface area contributed by atoms with E-state index >= 15 is 0 Å². The van der Waals surface area contributed by atoms with Gasteiger partial charge < -0.3 is 14.5 Å². The molecule has 3 saturated heterocycles. The Balaban J connectivity index is 1.17. The summed E-state index contributed by atoms with van der Waals surface area (Å²) in [5.74, 6) is 0.750. The Bertz CT molecular complexity index is 931. The molecule has 1 atom stereocenters. The zero-order valence-electron chi connectivity index (χ0n) is 23.0. The Morgan fingerprint density at radius 2 is 1.81 bits per heavy atom. The number of carbonyl (C=O) groups excluding carboxylic acids is 2. The maximum Gasteiger partial charge on any atom is 0.410 e. The molecule has 7 nitrogen and oxygen atoms in total. The molecule has 0 radical (unpaired) electrons. The number of amides is 2. The van der Waals surface area contributed by atoms with E-state index in [1.165, 1.54) is 32.1 Å². The van der Waals surface area contributed by atoms with E-state index in [1.807, 2.05) is 24.0 Å². The minimum atomic E-state index is -0.314. The summed E-state index contributed by atoms with van der Waals surface area (Å²) >= 11 is 0. The summed E-state index contributed by atoms with van der Waals surface area (Å²) < 4.78 is 6.30. The van der Waals surface area contributed by atoms with Gasteiger partial charge in [-0.15, -0.1) is 0 Å². The highest BCUT2D eigenvalue weighted by molar-refractivity contribution is 5.95. The Kier molecular flexibility index (Phi) is 8.37. The van der Waals surface area contributed by atoms with Crippen LogP contribution >= 0.6 is 0 Å². The lowest BCUT2D eigenvalue weighted by Gasteiger charge is -2.46. The summed E-state index contributed by atoms with van der Waals surface area (Å²) in [5.41, 5.74) is 1.21. The number of hydrogen-bond acceptors (Lipinski definition) is 5. The number of aryl methyl sites for hydroxylation is 1. The first kappa shape index (κ1) is 26.5. The highest BCUT2D eigenvalue weighted by atomic mass is 16.6. The lowest BCUT2D eigenvalue weighted by atomic mass is 9.80. The first-order valence-electron chi connectivity index (χ1n) is 15.0. The van der Waals surface area contributed by atoms with Crippen molar-refractivity contribution in [3.8, 4) is 0 Å². The van der Waals surface area contributed by atoms with Gasteiger partial charge in [0.1, 0.15) is 5.60 Å². The van der Waals surface area contributed by atoms with Crippen molar-refractivity contribution in [2.75, 3.05) is 32.7 Å². The third kappa shape index (κ3) is 5.67. The number of piperidine rings is 2.